The smallest absolute Gasteiger partial charge is 0.249 e. The lowest BCUT2D eigenvalue weighted by Crippen LogP contribution is -2.55. The molecule has 0 atom stereocenters. The van der Waals surface area contributed by atoms with E-state index in [2.05, 4.69) is 5.32 Å². The first-order valence-electron chi connectivity index (χ1n) is 11.7. The first-order chi connectivity index (χ1) is 17.4. The molecule has 0 spiro atoms. The number of nitrogens with one attached hydrogen (secondary N) is 1. The molecule has 4 rings (SSSR count). The molecule has 0 saturated carbocycles. The van der Waals surface area contributed by atoms with Gasteiger partial charge in [-0.15, -0.1) is 11.3 Å². The van der Waals surface area contributed by atoms with E-state index >= 15 is 0 Å². The van der Waals surface area contributed by atoms with Crippen LogP contribution in [0.1, 0.15) is 24.4 Å². The van der Waals surface area contributed by atoms with Crippen molar-refractivity contribution in [2.24, 2.45) is 0 Å². The van der Waals surface area contributed by atoms with Crippen LogP contribution in [-0.2, 0) is 22.6 Å². The maximum atomic E-state index is 13.6. The van der Waals surface area contributed by atoms with Crippen molar-refractivity contribution in [3.8, 4) is 17.0 Å². The molecule has 0 aliphatic heterocycles. The van der Waals surface area contributed by atoms with E-state index < -0.39 is 5.54 Å². The fraction of sp³-hybridized carbons (Fsp3) is 0.207. The zero-order chi connectivity index (χ0) is 25.5. The Hall–Kier alpha value is -3.97. The Morgan fingerprint density at radius 1 is 0.944 bits per heavy atom. The summed E-state index contributed by atoms with van der Waals surface area (Å²) in [5.41, 5.74) is 2.25. The second-order valence-electron chi connectivity index (χ2n) is 8.88. The second kappa shape index (κ2) is 11.2. The Bertz CT molecular complexity index is 1300. The van der Waals surface area contributed by atoms with Crippen molar-refractivity contribution in [3.05, 3.63) is 101 Å². The minimum absolute atomic E-state index is 0.146. The van der Waals surface area contributed by atoms with Crippen LogP contribution in [0.4, 0.5) is 5.69 Å². The highest BCUT2D eigenvalue weighted by atomic mass is 32.1. The van der Waals surface area contributed by atoms with Crippen LogP contribution in [0.15, 0.2) is 90.3 Å². The molecule has 0 saturated heterocycles. The molecule has 0 aliphatic rings. The molecule has 0 unspecified atom stereocenters. The van der Waals surface area contributed by atoms with E-state index in [1.165, 1.54) is 11.3 Å². The minimum atomic E-state index is -1.13. The van der Waals surface area contributed by atoms with Gasteiger partial charge >= 0.3 is 0 Å². The largest absolute Gasteiger partial charge is 0.497 e. The number of rotatable bonds is 9. The molecule has 36 heavy (non-hydrogen) atoms. The molecule has 6 nitrogen and oxygen atoms in total. The van der Waals surface area contributed by atoms with Crippen molar-refractivity contribution in [2.45, 2.75) is 32.4 Å². The summed E-state index contributed by atoms with van der Waals surface area (Å²) < 4.78 is 5.20. The third-order valence-corrected chi connectivity index (χ3v) is 6.83. The quantitative estimate of drug-likeness (QED) is 0.316. The zero-order valence-electron chi connectivity index (χ0n) is 20.6. The summed E-state index contributed by atoms with van der Waals surface area (Å²) in [5, 5.41) is 5.69. The summed E-state index contributed by atoms with van der Waals surface area (Å²) >= 11 is 1.48. The van der Waals surface area contributed by atoms with E-state index in [0.717, 1.165) is 21.8 Å². The number of benzene rings is 3. The van der Waals surface area contributed by atoms with Crippen molar-refractivity contribution in [2.75, 3.05) is 12.4 Å². The Morgan fingerprint density at radius 3 is 2.22 bits per heavy atom. The molecule has 0 bridgehead atoms. The highest BCUT2D eigenvalue weighted by molar-refractivity contribution is 7.09. The molecule has 184 valence electrons. The van der Waals surface area contributed by atoms with Gasteiger partial charge < -0.3 is 15.0 Å². The van der Waals surface area contributed by atoms with Crippen LogP contribution in [0, 0.1) is 0 Å². The first-order valence-corrected chi connectivity index (χ1v) is 12.5. The fourth-order valence-electron chi connectivity index (χ4n) is 3.80. The molecule has 2 amide bonds. The standard InChI is InChI=1S/C29H29N3O3S/c1-29(2,28(34)30-23-14-16-24(35-3)17-15-23)32(27(33)18-21-10-6-4-7-11-21)19-26-31-25(20-36-26)22-12-8-5-9-13-22/h4-17,20H,18-19H2,1-3H3,(H,30,34). The maximum Gasteiger partial charge on any atom is 0.249 e. The molecule has 1 N–H and O–H groups in total. The van der Waals surface area contributed by atoms with E-state index in [4.69, 9.17) is 9.72 Å². The van der Waals surface area contributed by atoms with Gasteiger partial charge in [0, 0.05) is 16.6 Å². The Balaban J connectivity index is 1.59. The van der Waals surface area contributed by atoms with Crippen LogP contribution in [0.3, 0.4) is 0 Å². The van der Waals surface area contributed by atoms with E-state index in [1.807, 2.05) is 66.0 Å². The minimum Gasteiger partial charge on any atom is -0.497 e. The van der Waals surface area contributed by atoms with Gasteiger partial charge in [0.1, 0.15) is 16.3 Å². The van der Waals surface area contributed by atoms with Gasteiger partial charge in [-0.05, 0) is 43.7 Å². The number of carbonyl (C=O) groups is 2. The normalized spacial score (nSPS) is 11.1. The van der Waals surface area contributed by atoms with Gasteiger partial charge in [-0.25, -0.2) is 4.98 Å². The molecular formula is C29H29N3O3S. The van der Waals surface area contributed by atoms with Crippen molar-refractivity contribution in [3.63, 3.8) is 0 Å². The van der Waals surface area contributed by atoms with Gasteiger partial charge in [-0.3, -0.25) is 9.59 Å². The number of aromatic nitrogens is 1. The maximum absolute atomic E-state index is 13.6. The monoisotopic (exact) mass is 499 g/mol. The van der Waals surface area contributed by atoms with Gasteiger partial charge in [0.25, 0.3) is 0 Å². The van der Waals surface area contributed by atoms with Gasteiger partial charge in [0.05, 0.1) is 25.8 Å². The van der Waals surface area contributed by atoms with Crippen molar-refractivity contribution in [1.82, 2.24) is 9.88 Å². The van der Waals surface area contributed by atoms with Gasteiger partial charge in [-0.1, -0.05) is 60.7 Å². The molecule has 7 heteroatoms. The lowest BCUT2D eigenvalue weighted by atomic mass is 9.99. The lowest BCUT2D eigenvalue weighted by Gasteiger charge is -2.37. The van der Waals surface area contributed by atoms with E-state index in [1.54, 1.807) is 50.1 Å². The van der Waals surface area contributed by atoms with Crippen LogP contribution in [0.25, 0.3) is 11.3 Å². The number of thiazole rings is 1. The number of nitrogens with zero attached hydrogens (tertiary/aromatic N) is 2. The Morgan fingerprint density at radius 2 is 1.58 bits per heavy atom. The van der Waals surface area contributed by atoms with Gasteiger partial charge in [0.15, 0.2) is 0 Å². The Kier molecular flexibility index (Phi) is 7.80. The summed E-state index contributed by atoms with van der Waals surface area (Å²) in [4.78, 5) is 33.4. The van der Waals surface area contributed by atoms with Crippen LogP contribution in [0.5, 0.6) is 5.75 Å². The zero-order valence-corrected chi connectivity index (χ0v) is 21.4. The molecule has 0 fully saturated rings. The lowest BCUT2D eigenvalue weighted by molar-refractivity contribution is -0.144. The summed E-state index contributed by atoms with van der Waals surface area (Å²) in [6.45, 7) is 3.76. The Labute approximate surface area is 215 Å². The third kappa shape index (κ3) is 5.98. The number of carbonyl (C=O) groups excluding carboxylic acids is 2. The predicted molar refractivity (Wildman–Crippen MR) is 144 cm³/mol. The van der Waals surface area contributed by atoms with Crippen molar-refractivity contribution in [1.29, 1.82) is 0 Å². The van der Waals surface area contributed by atoms with Gasteiger partial charge in [0.2, 0.25) is 11.8 Å². The molecule has 0 aliphatic carbocycles. The predicted octanol–water partition coefficient (Wildman–Crippen LogP) is 5.81. The summed E-state index contributed by atoms with van der Waals surface area (Å²) in [5.74, 6) is 0.270. The fourth-order valence-corrected chi connectivity index (χ4v) is 4.60. The molecule has 1 heterocycles. The van der Waals surface area contributed by atoms with Crippen LogP contribution in [-0.4, -0.2) is 34.3 Å². The number of hydrogen-bond donors (Lipinski definition) is 1. The number of methoxy groups -OCH3 is 1. The SMILES string of the molecule is COc1ccc(NC(=O)C(C)(C)N(Cc2nc(-c3ccccc3)cs2)C(=O)Cc2ccccc2)cc1. The second-order valence-corrected chi connectivity index (χ2v) is 9.82. The summed E-state index contributed by atoms with van der Waals surface area (Å²) in [6, 6.07) is 26.6. The van der Waals surface area contributed by atoms with Crippen LogP contribution in [0.2, 0.25) is 0 Å². The van der Waals surface area contributed by atoms with E-state index in [-0.39, 0.29) is 24.8 Å². The van der Waals surface area contributed by atoms with Crippen LogP contribution >= 0.6 is 11.3 Å². The average molecular weight is 500 g/mol. The van der Waals surface area contributed by atoms with Crippen molar-refractivity contribution < 1.29 is 14.3 Å². The topological polar surface area (TPSA) is 71.5 Å². The highest BCUT2D eigenvalue weighted by Gasteiger charge is 2.38. The molecule has 0 radical (unpaired) electrons. The van der Waals surface area contributed by atoms with Crippen molar-refractivity contribution >= 4 is 28.8 Å². The average Bonchev–Trinajstić information content (AvgIpc) is 3.37. The third-order valence-electron chi connectivity index (χ3n) is 5.99. The number of hydrogen-bond acceptors (Lipinski definition) is 5. The van der Waals surface area contributed by atoms with E-state index in [9.17, 15) is 9.59 Å². The number of ether oxygens (including phenoxy) is 1. The molecule has 3 aromatic carbocycles. The summed E-state index contributed by atoms with van der Waals surface area (Å²) in [7, 11) is 1.59. The van der Waals surface area contributed by atoms with Crippen LogP contribution < -0.4 is 10.1 Å². The van der Waals surface area contributed by atoms with E-state index in [0.29, 0.717) is 11.4 Å². The molecule has 1 aromatic heterocycles. The summed E-state index contributed by atoms with van der Waals surface area (Å²) in [6.07, 6.45) is 0.191. The molecular weight excluding hydrogens is 470 g/mol. The first kappa shape index (κ1) is 25.1. The number of amides is 2. The molecule has 4 aromatic rings. The number of anilines is 1. The van der Waals surface area contributed by atoms with Gasteiger partial charge in [-0.2, -0.15) is 0 Å². The highest BCUT2D eigenvalue weighted by Crippen LogP contribution is 2.27.